The number of morpholine rings is 1. The van der Waals surface area contributed by atoms with E-state index in [4.69, 9.17) is 25.5 Å². The maximum Gasteiger partial charge on any atom is 0.291 e. The third-order valence-corrected chi connectivity index (χ3v) is 5.29. The SMILES string of the molecule is CCn1ncc(NC(=O)c2ccc(COc3ccccc3Cl)o2)c1C(=O)N1CCOCC1. The summed E-state index contributed by atoms with van der Waals surface area (Å²) in [6.07, 6.45) is 1.47. The Hall–Kier alpha value is -3.30. The van der Waals surface area contributed by atoms with Gasteiger partial charge in [-0.25, -0.2) is 0 Å². The smallest absolute Gasteiger partial charge is 0.291 e. The second-order valence-corrected chi connectivity index (χ2v) is 7.47. The fraction of sp³-hybridized carbons (Fsp3) is 0.318. The van der Waals surface area contributed by atoms with Crippen molar-refractivity contribution in [3.63, 3.8) is 0 Å². The van der Waals surface area contributed by atoms with Gasteiger partial charge in [-0.05, 0) is 31.2 Å². The fourth-order valence-corrected chi connectivity index (χ4v) is 3.52. The quantitative estimate of drug-likeness (QED) is 0.582. The van der Waals surface area contributed by atoms with Gasteiger partial charge in [-0.2, -0.15) is 5.10 Å². The number of amides is 2. The van der Waals surface area contributed by atoms with Crippen molar-refractivity contribution in [3.05, 3.63) is 64.8 Å². The van der Waals surface area contributed by atoms with Crippen LogP contribution in [0.5, 0.6) is 5.75 Å². The molecule has 0 unspecified atom stereocenters. The lowest BCUT2D eigenvalue weighted by Crippen LogP contribution is -2.41. The number of carbonyl (C=O) groups is 2. The summed E-state index contributed by atoms with van der Waals surface area (Å²) in [7, 11) is 0. The largest absolute Gasteiger partial charge is 0.484 e. The molecule has 2 aromatic heterocycles. The number of para-hydroxylation sites is 1. The van der Waals surface area contributed by atoms with Gasteiger partial charge in [-0.3, -0.25) is 14.3 Å². The number of aryl methyl sites for hydroxylation is 1. The van der Waals surface area contributed by atoms with Crippen LogP contribution in [0.1, 0.15) is 33.7 Å². The van der Waals surface area contributed by atoms with Crippen molar-refractivity contribution in [1.29, 1.82) is 0 Å². The Bertz CT molecular complexity index is 1100. The molecule has 168 valence electrons. The summed E-state index contributed by atoms with van der Waals surface area (Å²) >= 11 is 6.08. The van der Waals surface area contributed by atoms with Crippen molar-refractivity contribution < 1.29 is 23.5 Å². The summed E-state index contributed by atoms with van der Waals surface area (Å²) in [5.41, 5.74) is 0.662. The summed E-state index contributed by atoms with van der Waals surface area (Å²) in [6.45, 7) is 4.45. The van der Waals surface area contributed by atoms with E-state index in [-0.39, 0.29) is 18.3 Å². The van der Waals surface area contributed by atoms with Crippen LogP contribution in [0.25, 0.3) is 0 Å². The zero-order valence-corrected chi connectivity index (χ0v) is 18.3. The zero-order valence-electron chi connectivity index (χ0n) is 17.5. The van der Waals surface area contributed by atoms with Crippen molar-refractivity contribution in [2.75, 3.05) is 31.6 Å². The lowest BCUT2D eigenvalue weighted by molar-refractivity contribution is 0.0295. The van der Waals surface area contributed by atoms with Crippen molar-refractivity contribution in [2.24, 2.45) is 0 Å². The maximum absolute atomic E-state index is 13.0. The minimum atomic E-state index is -0.485. The van der Waals surface area contributed by atoms with E-state index >= 15 is 0 Å². The fourth-order valence-electron chi connectivity index (χ4n) is 3.33. The van der Waals surface area contributed by atoms with E-state index in [1.807, 2.05) is 19.1 Å². The van der Waals surface area contributed by atoms with Crippen LogP contribution in [0, 0.1) is 0 Å². The van der Waals surface area contributed by atoms with Gasteiger partial charge in [0.25, 0.3) is 11.8 Å². The number of aromatic nitrogens is 2. The monoisotopic (exact) mass is 458 g/mol. The molecule has 4 rings (SSSR count). The highest BCUT2D eigenvalue weighted by Gasteiger charge is 2.26. The normalized spacial score (nSPS) is 13.8. The maximum atomic E-state index is 13.0. The second-order valence-electron chi connectivity index (χ2n) is 7.07. The number of hydrogen-bond donors (Lipinski definition) is 1. The molecule has 1 saturated heterocycles. The average Bonchev–Trinajstić information content (AvgIpc) is 3.45. The molecule has 0 atom stereocenters. The van der Waals surface area contributed by atoms with Gasteiger partial charge in [-0.1, -0.05) is 23.7 Å². The molecule has 0 saturated carbocycles. The van der Waals surface area contributed by atoms with E-state index in [0.717, 1.165) is 0 Å². The van der Waals surface area contributed by atoms with Crippen molar-refractivity contribution in [2.45, 2.75) is 20.1 Å². The molecule has 3 aromatic rings. The van der Waals surface area contributed by atoms with E-state index in [2.05, 4.69) is 10.4 Å². The zero-order chi connectivity index (χ0) is 22.5. The number of furan rings is 1. The number of carbonyl (C=O) groups excluding carboxylic acids is 2. The van der Waals surface area contributed by atoms with Gasteiger partial charge in [0.05, 0.1) is 30.1 Å². The average molecular weight is 459 g/mol. The Kier molecular flexibility index (Phi) is 6.77. The number of halogens is 1. The van der Waals surface area contributed by atoms with Gasteiger partial charge in [0.15, 0.2) is 5.76 Å². The highest BCUT2D eigenvalue weighted by molar-refractivity contribution is 6.32. The van der Waals surface area contributed by atoms with Crippen LogP contribution < -0.4 is 10.1 Å². The molecule has 2 amide bonds. The molecule has 1 aliphatic rings. The van der Waals surface area contributed by atoms with Crippen LogP contribution in [0.4, 0.5) is 5.69 Å². The highest BCUT2D eigenvalue weighted by Crippen LogP contribution is 2.25. The van der Waals surface area contributed by atoms with Crippen LogP contribution in [0.3, 0.4) is 0 Å². The molecule has 32 heavy (non-hydrogen) atoms. The number of rotatable bonds is 7. The first-order valence-electron chi connectivity index (χ1n) is 10.3. The highest BCUT2D eigenvalue weighted by atomic mass is 35.5. The van der Waals surface area contributed by atoms with Gasteiger partial charge >= 0.3 is 0 Å². The van der Waals surface area contributed by atoms with Gasteiger partial charge < -0.3 is 24.1 Å². The summed E-state index contributed by atoms with van der Waals surface area (Å²) in [5, 5.41) is 7.46. The summed E-state index contributed by atoms with van der Waals surface area (Å²) in [4.78, 5) is 27.5. The molecule has 1 N–H and O–H groups in total. The Balaban J connectivity index is 1.45. The number of nitrogens with one attached hydrogen (secondary N) is 1. The molecular weight excluding hydrogens is 436 g/mol. The minimum Gasteiger partial charge on any atom is -0.484 e. The summed E-state index contributed by atoms with van der Waals surface area (Å²) in [5.74, 6) is 0.396. The first-order chi connectivity index (χ1) is 15.6. The van der Waals surface area contributed by atoms with Gasteiger partial charge in [0, 0.05) is 19.6 Å². The number of ether oxygens (including phenoxy) is 2. The number of nitrogens with zero attached hydrogens (tertiary/aromatic N) is 3. The molecule has 0 spiro atoms. The van der Waals surface area contributed by atoms with E-state index < -0.39 is 5.91 Å². The summed E-state index contributed by atoms with van der Waals surface area (Å²) in [6, 6.07) is 10.3. The van der Waals surface area contributed by atoms with Gasteiger partial charge in [0.1, 0.15) is 23.8 Å². The number of benzene rings is 1. The van der Waals surface area contributed by atoms with Crippen molar-refractivity contribution in [3.8, 4) is 5.75 Å². The van der Waals surface area contributed by atoms with E-state index in [1.165, 1.54) is 6.20 Å². The second kappa shape index (κ2) is 9.88. The predicted octanol–water partition coefficient (Wildman–Crippen LogP) is 3.45. The third-order valence-electron chi connectivity index (χ3n) is 4.98. The molecule has 9 nitrogen and oxygen atoms in total. The first-order valence-corrected chi connectivity index (χ1v) is 10.6. The van der Waals surface area contributed by atoms with Gasteiger partial charge in [0.2, 0.25) is 0 Å². The molecule has 10 heteroatoms. The molecule has 1 fully saturated rings. The van der Waals surface area contributed by atoms with Crippen molar-refractivity contribution in [1.82, 2.24) is 14.7 Å². The van der Waals surface area contributed by atoms with Crippen LogP contribution >= 0.6 is 11.6 Å². The molecule has 3 heterocycles. The first kappa shape index (κ1) is 21.9. The Labute approximate surface area is 189 Å². The van der Waals surface area contributed by atoms with Crippen LogP contribution in [0.2, 0.25) is 5.02 Å². The summed E-state index contributed by atoms with van der Waals surface area (Å²) < 4.78 is 18.1. The molecular formula is C22H23ClN4O5. The van der Waals surface area contributed by atoms with E-state index in [0.29, 0.717) is 60.8 Å². The lowest BCUT2D eigenvalue weighted by Gasteiger charge is -2.27. The van der Waals surface area contributed by atoms with E-state index in [1.54, 1.807) is 33.8 Å². The Morgan fingerprint density at radius 3 is 2.72 bits per heavy atom. The number of anilines is 1. The molecule has 0 aliphatic carbocycles. The van der Waals surface area contributed by atoms with Crippen molar-refractivity contribution >= 4 is 29.1 Å². The Morgan fingerprint density at radius 2 is 1.97 bits per heavy atom. The van der Waals surface area contributed by atoms with Crippen LogP contribution in [-0.2, 0) is 17.9 Å². The number of hydrogen-bond acceptors (Lipinski definition) is 6. The standard InChI is InChI=1S/C22H23ClN4O5/c1-2-27-20(22(29)26-9-11-30-12-10-26)17(13-24-27)25-21(28)19-8-7-15(32-19)14-31-18-6-4-3-5-16(18)23/h3-8,13H,2,9-12,14H2,1H3,(H,25,28). The predicted molar refractivity (Wildman–Crippen MR) is 117 cm³/mol. The van der Waals surface area contributed by atoms with Crippen LogP contribution in [0.15, 0.2) is 47.0 Å². The third kappa shape index (κ3) is 4.79. The lowest BCUT2D eigenvalue weighted by atomic mass is 10.2. The minimum absolute atomic E-state index is 0.0942. The van der Waals surface area contributed by atoms with E-state index in [9.17, 15) is 9.59 Å². The Morgan fingerprint density at radius 1 is 1.19 bits per heavy atom. The molecule has 1 aliphatic heterocycles. The molecule has 0 bridgehead atoms. The molecule has 0 radical (unpaired) electrons. The van der Waals surface area contributed by atoms with Gasteiger partial charge in [-0.15, -0.1) is 0 Å². The van der Waals surface area contributed by atoms with Crippen LogP contribution in [-0.4, -0.2) is 52.8 Å². The molecule has 1 aromatic carbocycles. The topological polar surface area (TPSA) is 98.8 Å².